The van der Waals surface area contributed by atoms with Gasteiger partial charge in [0.2, 0.25) is 16.0 Å². The first-order valence-corrected chi connectivity index (χ1v) is 15.1. The highest BCUT2D eigenvalue weighted by Crippen LogP contribution is 2.26. The van der Waals surface area contributed by atoms with Crippen molar-refractivity contribution in [2.45, 2.75) is 38.1 Å². The Kier molecular flexibility index (Phi) is 8.87. The van der Waals surface area contributed by atoms with E-state index in [0.29, 0.717) is 48.3 Å². The van der Waals surface area contributed by atoms with Crippen LogP contribution in [0.3, 0.4) is 0 Å². The summed E-state index contributed by atoms with van der Waals surface area (Å²) in [5.41, 5.74) is 3.86. The van der Waals surface area contributed by atoms with Gasteiger partial charge in [-0.15, -0.1) is 0 Å². The van der Waals surface area contributed by atoms with E-state index in [4.69, 9.17) is 0 Å². The molecule has 3 N–H and O–H groups in total. The van der Waals surface area contributed by atoms with E-state index in [1.807, 2.05) is 25.1 Å². The first-order chi connectivity index (χ1) is 19.8. The minimum absolute atomic E-state index is 0.237. The molecule has 0 saturated carbocycles. The molecule has 1 aliphatic heterocycles. The number of piperidine rings is 1. The van der Waals surface area contributed by atoms with Crippen molar-refractivity contribution in [1.29, 1.82) is 0 Å². The smallest absolute Gasteiger partial charge is 0.243 e. The van der Waals surface area contributed by atoms with Crippen molar-refractivity contribution >= 4 is 33.2 Å². The molecule has 1 atom stereocenters. The van der Waals surface area contributed by atoms with Gasteiger partial charge in [0.15, 0.2) is 0 Å². The van der Waals surface area contributed by atoms with Crippen LogP contribution in [-0.4, -0.2) is 47.3 Å². The molecule has 0 radical (unpaired) electrons. The summed E-state index contributed by atoms with van der Waals surface area (Å²) in [7, 11) is -3.62. The van der Waals surface area contributed by atoms with Crippen molar-refractivity contribution in [2.75, 3.05) is 30.3 Å². The second-order valence-electron chi connectivity index (χ2n) is 10.3. The van der Waals surface area contributed by atoms with Gasteiger partial charge in [-0.25, -0.2) is 17.8 Å². The zero-order valence-electron chi connectivity index (χ0n) is 23.1. The highest BCUT2D eigenvalue weighted by Gasteiger charge is 2.30. The van der Waals surface area contributed by atoms with E-state index in [-0.39, 0.29) is 16.6 Å². The van der Waals surface area contributed by atoms with Gasteiger partial charge in [0, 0.05) is 42.9 Å². The maximum absolute atomic E-state index is 13.6. The standard InChI is InChI=1S/C30H34FN7O2S/c1-21-17-25(10-13-28(21)31)35-29-14-15-33-30(37-29)36-24-8-11-27(12-9-24)41(39,40)38-16-4-6-23(20-38)18-32-19-26-7-3-5-22(2)34-26/h3,5,7-15,17,23,32H,4,6,16,18-20H2,1-2H3,(H2,33,35,36,37). The van der Waals surface area contributed by atoms with Crippen LogP contribution in [0.1, 0.15) is 29.8 Å². The SMILES string of the molecule is Cc1cccc(CNCC2CCCN(S(=O)(=O)c3ccc(Nc4nccc(Nc5ccc(F)c(C)c5)n4)cc3)C2)n1. The second-order valence-corrected chi connectivity index (χ2v) is 12.2. The minimum atomic E-state index is -3.62. The summed E-state index contributed by atoms with van der Waals surface area (Å²) in [6.07, 6.45) is 3.41. The molecule has 2 aromatic carbocycles. The molecule has 5 rings (SSSR count). The third-order valence-electron chi connectivity index (χ3n) is 7.00. The van der Waals surface area contributed by atoms with E-state index >= 15 is 0 Å². The lowest BCUT2D eigenvalue weighted by Crippen LogP contribution is -2.42. The van der Waals surface area contributed by atoms with Crippen LogP contribution in [0.2, 0.25) is 0 Å². The summed E-state index contributed by atoms with van der Waals surface area (Å²) >= 11 is 0. The van der Waals surface area contributed by atoms with E-state index in [1.165, 1.54) is 6.07 Å². The van der Waals surface area contributed by atoms with Crippen LogP contribution in [0, 0.1) is 25.6 Å². The maximum Gasteiger partial charge on any atom is 0.243 e. The molecule has 41 heavy (non-hydrogen) atoms. The van der Waals surface area contributed by atoms with Gasteiger partial charge in [-0.3, -0.25) is 4.98 Å². The Balaban J connectivity index is 1.18. The predicted molar refractivity (Wildman–Crippen MR) is 158 cm³/mol. The van der Waals surface area contributed by atoms with Crippen LogP contribution >= 0.6 is 0 Å². The summed E-state index contributed by atoms with van der Waals surface area (Å²) in [6.45, 7) is 6.06. The number of halogens is 1. The van der Waals surface area contributed by atoms with Crippen molar-refractivity contribution in [3.8, 4) is 0 Å². The summed E-state index contributed by atoms with van der Waals surface area (Å²) in [4.78, 5) is 13.5. The number of pyridine rings is 1. The number of benzene rings is 2. The van der Waals surface area contributed by atoms with Crippen LogP contribution in [0.25, 0.3) is 0 Å². The number of hydrogen-bond acceptors (Lipinski definition) is 8. The zero-order chi connectivity index (χ0) is 28.8. The van der Waals surface area contributed by atoms with Gasteiger partial charge in [0.25, 0.3) is 0 Å². The van der Waals surface area contributed by atoms with E-state index in [2.05, 4.69) is 30.9 Å². The molecule has 4 aromatic rings. The Morgan fingerprint density at radius 2 is 1.78 bits per heavy atom. The lowest BCUT2D eigenvalue weighted by Gasteiger charge is -2.32. The normalized spacial score (nSPS) is 15.9. The molecule has 11 heteroatoms. The molecule has 0 bridgehead atoms. The van der Waals surface area contributed by atoms with Crippen molar-refractivity contribution in [1.82, 2.24) is 24.6 Å². The van der Waals surface area contributed by atoms with E-state index in [9.17, 15) is 12.8 Å². The van der Waals surface area contributed by atoms with Crippen molar-refractivity contribution in [3.63, 3.8) is 0 Å². The zero-order valence-corrected chi connectivity index (χ0v) is 24.0. The molecule has 0 aliphatic carbocycles. The van der Waals surface area contributed by atoms with E-state index in [0.717, 1.165) is 30.8 Å². The number of nitrogens with one attached hydrogen (secondary N) is 3. The lowest BCUT2D eigenvalue weighted by molar-refractivity contribution is 0.259. The average Bonchev–Trinajstić information content (AvgIpc) is 2.96. The van der Waals surface area contributed by atoms with Gasteiger partial charge < -0.3 is 16.0 Å². The van der Waals surface area contributed by atoms with Crippen LogP contribution < -0.4 is 16.0 Å². The molecule has 0 spiro atoms. The van der Waals surface area contributed by atoms with Crippen LogP contribution in [0.15, 0.2) is 77.8 Å². The van der Waals surface area contributed by atoms with Gasteiger partial charge in [0.1, 0.15) is 11.6 Å². The van der Waals surface area contributed by atoms with Gasteiger partial charge in [0.05, 0.1) is 10.6 Å². The van der Waals surface area contributed by atoms with Crippen LogP contribution in [-0.2, 0) is 16.6 Å². The van der Waals surface area contributed by atoms with Crippen LogP contribution in [0.5, 0.6) is 0 Å². The second kappa shape index (κ2) is 12.7. The van der Waals surface area contributed by atoms with Crippen molar-refractivity contribution < 1.29 is 12.8 Å². The number of anilines is 4. The van der Waals surface area contributed by atoms with Crippen molar-refractivity contribution in [3.05, 3.63) is 95.7 Å². The predicted octanol–water partition coefficient (Wildman–Crippen LogP) is 5.31. The van der Waals surface area contributed by atoms with Gasteiger partial charge in [-0.2, -0.15) is 9.29 Å². The number of nitrogens with zero attached hydrogens (tertiary/aromatic N) is 4. The van der Waals surface area contributed by atoms with Gasteiger partial charge in [-0.1, -0.05) is 6.07 Å². The van der Waals surface area contributed by atoms with Gasteiger partial charge in [-0.05, 0) is 105 Å². The third-order valence-corrected chi connectivity index (χ3v) is 8.88. The highest BCUT2D eigenvalue weighted by atomic mass is 32.2. The molecule has 3 heterocycles. The fraction of sp³-hybridized carbons (Fsp3) is 0.300. The van der Waals surface area contributed by atoms with E-state index in [1.54, 1.807) is 59.9 Å². The number of sulfonamides is 1. The lowest BCUT2D eigenvalue weighted by atomic mass is 10.00. The number of aryl methyl sites for hydroxylation is 2. The molecule has 1 saturated heterocycles. The third kappa shape index (κ3) is 7.43. The molecule has 1 aliphatic rings. The Bertz CT molecular complexity index is 1600. The highest BCUT2D eigenvalue weighted by molar-refractivity contribution is 7.89. The molecule has 9 nitrogen and oxygen atoms in total. The van der Waals surface area contributed by atoms with Crippen LogP contribution in [0.4, 0.5) is 27.5 Å². The summed E-state index contributed by atoms with van der Waals surface area (Å²) in [5, 5.41) is 9.69. The fourth-order valence-electron chi connectivity index (χ4n) is 4.86. The quantitative estimate of drug-likeness (QED) is 0.233. The molecule has 1 unspecified atom stereocenters. The topological polar surface area (TPSA) is 112 Å². The maximum atomic E-state index is 13.6. The van der Waals surface area contributed by atoms with Crippen molar-refractivity contribution in [2.24, 2.45) is 5.92 Å². The molecular weight excluding hydrogens is 541 g/mol. The summed E-state index contributed by atoms with van der Waals surface area (Å²) < 4.78 is 42.0. The minimum Gasteiger partial charge on any atom is -0.340 e. The summed E-state index contributed by atoms with van der Waals surface area (Å²) in [6, 6.07) is 19.0. The Labute approximate surface area is 240 Å². The van der Waals surface area contributed by atoms with E-state index < -0.39 is 10.0 Å². The molecule has 1 fully saturated rings. The van der Waals surface area contributed by atoms with Gasteiger partial charge >= 0.3 is 0 Å². The summed E-state index contributed by atoms with van der Waals surface area (Å²) in [5.74, 6) is 0.852. The Hall–Kier alpha value is -3.93. The number of aromatic nitrogens is 3. The number of hydrogen-bond donors (Lipinski definition) is 3. The molecule has 214 valence electrons. The molecular formula is C30H34FN7O2S. The fourth-order valence-corrected chi connectivity index (χ4v) is 6.42. The Morgan fingerprint density at radius 1 is 0.976 bits per heavy atom. The Morgan fingerprint density at radius 3 is 2.56 bits per heavy atom. The first kappa shape index (κ1) is 28.6. The average molecular weight is 576 g/mol. The molecule has 0 amide bonds. The number of rotatable bonds is 10. The largest absolute Gasteiger partial charge is 0.340 e. The first-order valence-electron chi connectivity index (χ1n) is 13.6. The molecule has 2 aromatic heterocycles. The monoisotopic (exact) mass is 575 g/mol.